The molecule has 17 heavy (non-hydrogen) atoms. The summed E-state index contributed by atoms with van der Waals surface area (Å²) in [6.07, 6.45) is 9.02. The summed E-state index contributed by atoms with van der Waals surface area (Å²) in [6, 6.07) is -0.694. The SMILES string of the molecule is CC1(NCCCC[C@H](N)C(=O)O)CCCCC1. The predicted octanol–water partition coefficient (Wildman–Crippen LogP) is 1.88. The van der Waals surface area contributed by atoms with E-state index in [0.717, 1.165) is 19.4 Å². The van der Waals surface area contributed by atoms with Crippen LogP contribution in [0.5, 0.6) is 0 Å². The molecule has 0 aromatic rings. The van der Waals surface area contributed by atoms with Crippen LogP contribution in [0.15, 0.2) is 0 Å². The van der Waals surface area contributed by atoms with Crippen molar-refractivity contribution in [3.05, 3.63) is 0 Å². The van der Waals surface area contributed by atoms with E-state index in [1.165, 1.54) is 32.1 Å². The molecule has 4 nitrogen and oxygen atoms in total. The van der Waals surface area contributed by atoms with E-state index in [4.69, 9.17) is 10.8 Å². The fourth-order valence-electron chi connectivity index (χ4n) is 2.51. The number of rotatable bonds is 7. The molecular weight excluding hydrogens is 216 g/mol. The van der Waals surface area contributed by atoms with Crippen molar-refractivity contribution in [3.63, 3.8) is 0 Å². The lowest BCUT2D eigenvalue weighted by Crippen LogP contribution is -2.44. The molecule has 1 aliphatic carbocycles. The maximum atomic E-state index is 10.5. The first-order valence-corrected chi connectivity index (χ1v) is 6.77. The Morgan fingerprint density at radius 2 is 2.00 bits per heavy atom. The number of nitrogens with two attached hydrogens (primary N) is 1. The molecular formula is C13H26N2O2. The zero-order chi connectivity index (χ0) is 12.7. The van der Waals surface area contributed by atoms with Gasteiger partial charge in [-0.25, -0.2) is 0 Å². The van der Waals surface area contributed by atoms with Gasteiger partial charge in [0.05, 0.1) is 0 Å². The zero-order valence-corrected chi connectivity index (χ0v) is 10.9. The average molecular weight is 242 g/mol. The van der Waals surface area contributed by atoms with E-state index in [1.807, 2.05) is 0 Å². The van der Waals surface area contributed by atoms with Crippen LogP contribution < -0.4 is 11.1 Å². The number of hydrogen-bond donors (Lipinski definition) is 3. The second-order valence-corrected chi connectivity index (χ2v) is 5.49. The van der Waals surface area contributed by atoms with E-state index in [9.17, 15) is 4.79 Å². The predicted molar refractivity (Wildman–Crippen MR) is 69.0 cm³/mol. The quantitative estimate of drug-likeness (QED) is 0.596. The minimum Gasteiger partial charge on any atom is -0.480 e. The highest BCUT2D eigenvalue weighted by atomic mass is 16.4. The highest BCUT2D eigenvalue weighted by Crippen LogP contribution is 2.27. The molecule has 0 amide bonds. The highest BCUT2D eigenvalue weighted by molar-refractivity contribution is 5.72. The minimum absolute atomic E-state index is 0.313. The molecule has 0 saturated heterocycles. The molecule has 1 aliphatic rings. The van der Waals surface area contributed by atoms with Crippen LogP contribution in [0, 0.1) is 0 Å². The summed E-state index contributed by atoms with van der Waals surface area (Å²) in [5.74, 6) is -0.891. The van der Waals surface area contributed by atoms with Gasteiger partial charge in [-0.05, 0) is 39.2 Å². The summed E-state index contributed by atoms with van der Waals surface area (Å²) in [4.78, 5) is 10.5. The van der Waals surface area contributed by atoms with E-state index in [0.29, 0.717) is 12.0 Å². The molecule has 0 bridgehead atoms. The molecule has 4 N–H and O–H groups in total. The molecule has 0 aromatic carbocycles. The number of unbranched alkanes of at least 4 members (excludes halogenated alkanes) is 1. The normalized spacial score (nSPS) is 21.1. The molecule has 1 fully saturated rings. The van der Waals surface area contributed by atoms with Gasteiger partial charge in [0.2, 0.25) is 0 Å². The van der Waals surface area contributed by atoms with Crippen molar-refractivity contribution < 1.29 is 9.90 Å². The molecule has 1 rings (SSSR count). The van der Waals surface area contributed by atoms with E-state index in [-0.39, 0.29) is 0 Å². The van der Waals surface area contributed by atoms with Gasteiger partial charge in [-0.1, -0.05) is 25.7 Å². The molecule has 100 valence electrons. The molecule has 0 unspecified atom stereocenters. The first-order valence-electron chi connectivity index (χ1n) is 6.77. The van der Waals surface area contributed by atoms with Crippen molar-refractivity contribution in [1.82, 2.24) is 5.32 Å². The third-order valence-corrected chi connectivity index (χ3v) is 3.77. The van der Waals surface area contributed by atoms with Crippen molar-refractivity contribution >= 4 is 5.97 Å². The van der Waals surface area contributed by atoms with Gasteiger partial charge in [-0.2, -0.15) is 0 Å². The van der Waals surface area contributed by atoms with Crippen LogP contribution in [-0.2, 0) is 4.79 Å². The second kappa shape index (κ2) is 6.97. The lowest BCUT2D eigenvalue weighted by atomic mass is 9.83. The molecule has 0 aromatic heterocycles. The number of carbonyl (C=O) groups is 1. The lowest BCUT2D eigenvalue weighted by Gasteiger charge is -2.34. The molecule has 0 aliphatic heterocycles. The monoisotopic (exact) mass is 242 g/mol. The van der Waals surface area contributed by atoms with Crippen LogP contribution in [0.25, 0.3) is 0 Å². The maximum absolute atomic E-state index is 10.5. The standard InChI is InChI=1S/C13H26N2O2/c1-13(8-4-2-5-9-13)15-10-6-3-7-11(14)12(16)17/h11,15H,2-10,14H2,1H3,(H,16,17)/t11-/m0/s1. The first kappa shape index (κ1) is 14.5. The zero-order valence-electron chi connectivity index (χ0n) is 10.9. The van der Waals surface area contributed by atoms with Crippen molar-refractivity contribution in [2.24, 2.45) is 5.73 Å². The third-order valence-electron chi connectivity index (χ3n) is 3.77. The van der Waals surface area contributed by atoms with Crippen LogP contribution in [-0.4, -0.2) is 29.2 Å². The van der Waals surface area contributed by atoms with Gasteiger partial charge in [0, 0.05) is 5.54 Å². The van der Waals surface area contributed by atoms with E-state index in [2.05, 4.69) is 12.2 Å². The first-order chi connectivity index (χ1) is 8.03. The summed E-state index contributed by atoms with van der Waals surface area (Å²) in [5, 5.41) is 12.3. The highest BCUT2D eigenvalue weighted by Gasteiger charge is 2.25. The number of aliphatic carboxylic acids is 1. The Kier molecular flexibility index (Phi) is 5.92. The summed E-state index contributed by atoms with van der Waals surface area (Å²) in [6.45, 7) is 3.28. The van der Waals surface area contributed by atoms with Crippen LogP contribution in [0.3, 0.4) is 0 Å². The van der Waals surface area contributed by atoms with Gasteiger partial charge in [0.25, 0.3) is 0 Å². The number of carboxylic acids is 1. The third kappa shape index (κ3) is 5.50. The maximum Gasteiger partial charge on any atom is 0.320 e. The van der Waals surface area contributed by atoms with E-state index >= 15 is 0 Å². The Morgan fingerprint density at radius 1 is 1.35 bits per heavy atom. The van der Waals surface area contributed by atoms with Gasteiger partial charge < -0.3 is 16.2 Å². The largest absolute Gasteiger partial charge is 0.480 e. The van der Waals surface area contributed by atoms with Crippen LogP contribution >= 0.6 is 0 Å². The summed E-state index contributed by atoms with van der Waals surface area (Å²) >= 11 is 0. The Labute approximate surface area is 104 Å². The molecule has 0 radical (unpaired) electrons. The fourth-order valence-corrected chi connectivity index (χ4v) is 2.51. The number of carboxylic acid groups (broad SMARTS) is 1. The van der Waals surface area contributed by atoms with Crippen LogP contribution in [0.4, 0.5) is 0 Å². The summed E-state index contributed by atoms with van der Waals surface area (Å²) in [5.41, 5.74) is 5.76. The lowest BCUT2D eigenvalue weighted by molar-refractivity contribution is -0.138. The number of nitrogens with one attached hydrogen (secondary N) is 1. The van der Waals surface area contributed by atoms with Crippen molar-refractivity contribution in [2.45, 2.75) is 69.9 Å². The Hall–Kier alpha value is -0.610. The molecule has 0 heterocycles. The Bertz CT molecular complexity index is 238. The smallest absolute Gasteiger partial charge is 0.320 e. The van der Waals surface area contributed by atoms with Crippen LogP contribution in [0.1, 0.15) is 58.3 Å². The van der Waals surface area contributed by atoms with Gasteiger partial charge in [-0.15, -0.1) is 0 Å². The van der Waals surface area contributed by atoms with Gasteiger partial charge in [0.15, 0.2) is 0 Å². The Balaban J connectivity index is 2.05. The summed E-state index contributed by atoms with van der Waals surface area (Å²) < 4.78 is 0. The second-order valence-electron chi connectivity index (χ2n) is 5.49. The van der Waals surface area contributed by atoms with E-state index in [1.54, 1.807) is 0 Å². The topological polar surface area (TPSA) is 75.3 Å². The van der Waals surface area contributed by atoms with Crippen molar-refractivity contribution in [1.29, 1.82) is 0 Å². The van der Waals surface area contributed by atoms with Gasteiger partial charge >= 0.3 is 5.97 Å². The van der Waals surface area contributed by atoms with Gasteiger partial charge in [0.1, 0.15) is 6.04 Å². The van der Waals surface area contributed by atoms with Crippen molar-refractivity contribution in [3.8, 4) is 0 Å². The Morgan fingerprint density at radius 3 is 2.59 bits per heavy atom. The summed E-state index contributed by atoms with van der Waals surface area (Å²) in [7, 11) is 0. The average Bonchev–Trinajstić information content (AvgIpc) is 2.29. The minimum atomic E-state index is -0.891. The molecule has 1 saturated carbocycles. The number of hydrogen-bond acceptors (Lipinski definition) is 3. The molecule has 0 spiro atoms. The molecule has 4 heteroatoms. The van der Waals surface area contributed by atoms with Crippen molar-refractivity contribution in [2.75, 3.05) is 6.54 Å². The van der Waals surface area contributed by atoms with Crippen LogP contribution in [0.2, 0.25) is 0 Å². The van der Waals surface area contributed by atoms with Gasteiger partial charge in [-0.3, -0.25) is 4.79 Å². The fraction of sp³-hybridized carbons (Fsp3) is 0.923. The molecule has 1 atom stereocenters. The van der Waals surface area contributed by atoms with E-state index < -0.39 is 12.0 Å².